The number of H-pyrrole nitrogens is 1. The predicted molar refractivity (Wildman–Crippen MR) is 82.8 cm³/mol. The highest BCUT2D eigenvalue weighted by atomic mass is 35.5. The molecule has 0 amide bonds. The topological polar surface area (TPSA) is 41.6 Å². The van der Waals surface area contributed by atoms with Crippen molar-refractivity contribution in [1.29, 1.82) is 0 Å². The molecule has 5 heteroatoms. The Labute approximate surface area is 126 Å². The maximum Gasteiger partial charge on any atom is 0.139 e. The molecule has 3 rings (SSSR count). The van der Waals surface area contributed by atoms with Crippen LogP contribution in [0.2, 0.25) is 5.02 Å². The molecule has 0 radical (unpaired) electrons. The van der Waals surface area contributed by atoms with Gasteiger partial charge in [-0.05, 0) is 28.8 Å². The van der Waals surface area contributed by atoms with E-state index < -0.39 is 0 Å². The van der Waals surface area contributed by atoms with E-state index in [1.54, 1.807) is 18.0 Å². The summed E-state index contributed by atoms with van der Waals surface area (Å²) in [7, 11) is 0. The van der Waals surface area contributed by atoms with Crippen molar-refractivity contribution in [2.75, 3.05) is 0 Å². The first-order chi connectivity index (χ1) is 9.81. The second-order valence-corrected chi connectivity index (χ2v) is 5.74. The number of aromatic nitrogens is 3. The lowest BCUT2D eigenvalue weighted by atomic mass is 10.0. The van der Waals surface area contributed by atoms with Crippen LogP contribution in [0, 0.1) is 0 Å². The van der Waals surface area contributed by atoms with Gasteiger partial charge in [0.25, 0.3) is 0 Å². The number of nitrogens with one attached hydrogen (secondary N) is 1. The average molecular weight is 302 g/mol. The van der Waals surface area contributed by atoms with Gasteiger partial charge in [0.1, 0.15) is 5.03 Å². The zero-order chi connectivity index (χ0) is 13.8. The Morgan fingerprint density at radius 3 is 2.60 bits per heavy atom. The van der Waals surface area contributed by atoms with Gasteiger partial charge in [-0.25, -0.2) is 0 Å². The van der Waals surface area contributed by atoms with E-state index in [0.717, 1.165) is 21.4 Å². The number of benzene rings is 2. The summed E-state index contributed by atoms with van der Waals surface area (Å²) < 4.78 is 0. The molecule has 0 fully saturated rings. The fourth-order valence-corrected chi connectivity index (χ4v) is 2.81. The third-order valence-electron chi connectivity index (χ3n) is 2.89. The van der Waals surface area contributed by atoms with Gasteiger partial charge >= 0.3 is 0 Å². The van der Waals surface area contributed by atoms with Gasteiger partial charge in [0.05, 0.1) is 6.20 Å². The van der Waals surface area contributed by atoms with Crippen molar-refractivity contribution in [3.05, 3.63) is 65.3 Å². The van der Waals surface area contributed by atoms with Crippen molar-refractivity contribution >= 4 is 23.4 Å². The Balaban J connectivity index is 1.71. The number of rotatable bonds is 4. The lowest BCUT2D eigenvalue weighted by molar-refractivity contribution is 0.911. The average Bonchev–Trinajstić information content (AvgIpc) is 2.99. The largest absolute Gasteiger partial charge is 0.197 e. The van der Waals surface area contributed by atoms with Crippen LogP contribution in [0.25, 0.3) is 11.1 Å². The summed E-state index contributed by atoms with van der Waals surface area (Å²) in [5.41, 5.74) is 3.56. The molecule has 1 heterocycles. The summed E-state index contributed by atoms with van der Waals surface area (Å²) in [6.07, 6.45) is 1.73. The third kappa shape index (κ3) is 3.21. The van der Waals surface area contributed by atoms with E-state index in [1.807, 2.05) is 18.2 Å². The maximum absolute atomic E-state index is 6.01. The summed E-state index contributed by atoms with van der Waals surface area (Å²) in [4.78, 5) is 0. The van der Waals surface area contributed by atoms with E-state index in [4.69, 9.17) is 11.6 Å². The van der Waals surface area contributed by atoms with Crippen LogP contribution in [-0.2, 0) is 5.75 Å². The van der Waals surface area contributed by atoms with Crippen molar-refractivity contribution in [2.24, 2.45) is 0 Å². The predicted octanol–water partition coefficient (Wildman–Crippen LogP) is 4.42. The standard InChI is InChI=1S/C15H12ClN3S/c16-14-3-1-2-13(8-14)12-6-4-11(5-7-12)10-20-15-9-17-19-18-15/h1-9H,10H2,(H,17,18,19). The summed E-state index contributed by atoms with van der Waals surface area (Å²) in [6.45, 7) is 0. The molecule has 0 unspecified atom stereocenters. The molecule has 100 valence electrons. The quantitative estimate of drug-likeness (QED) is 0.725. The van der Waals surface area contributed by atoms with Crippen molar-refractivity contribution in [3.8, 4) is 11.1 Å². The molecule has 0 spiro atoms. The highest BCUT2D eigenvalue weighted by Gasteiger charge is 2.01. The molecule has 0 aliphatic heterocycles. The smallest absolute Gasteiger partial charge is 0.139 e. The van der Waals surface area contributed by atoms with Gasteiger partial charge in [-0.3, -0.25) is 0 Å². The van der Waals surface area contributed by atoms with Crippen LogP contribution in [0.5, 0.6) is 0 Å². The lowest BCUT2D eigenvalue weighted by Crippen LogP contribution is -1.83. The van der Waals surface area contributed by atoms with Crippen LogP contribution in [0.4, 0.5) is 0 Å². The molecule has 3 aromatic rings. The van der Waals surface area contributed by atoms with Crippen LogP contribution in [0.15, 0.2) is 59.8 Å². The first-order valence-electron chi connectivity index (χ1n) is 6.15. The van der Waals surface area contributed by atoms with E-state index in [-0.39, 0.29) is 0 Å². The summed E-state index contributed by atoms with van der Waals surface area (Å²) in [6, 6.07) is 16.4. The van der Waals surface area contributed by atoms with Gasteiger partial charge in [-0.1, -0.05) is 59.8 Å². The number of hydrogen-bond donors (Lipinski definition) is 1. The Morgan fingerprint density at radius 2 is 1.90 bits per heavy atom. The van der Waals surface area contributed by atoms with Crippen molar-refractivity contribution in [3.63, 3.8) is 0 Å². The number of halogens is 1. The summed E-state index contributed by atoms with van der Waals surface area (Å²) in [5.74, 6) is 0.877. The fraction of sp³-hybridized carbons (Fsp3) is 0.0667. The van der Waals surface area contributed by atoms with E-state index in [9.17, 15) is 0 Å². The minimum absolute atomic E-state index is 0.758. The second kappa shape index (κ2) is 6.11. The Morgan fingerprint density at radius 1 is 1.05 bits per heavy atom. The molecule has 20 heavy (non-hydrogen) atoms. The molecule has 2 aromatic carbocycles. The summed E-state index contributed by atoms with van der Waals surface area (Å²) >= 11 is 7.67. The zero-order valence-electron chi connectivity index (χ0n) is 10.6. The van der Waals surface area contributed by atoms with Gasteiger partial charge in [-0.15, -0.1) is 5.10 Å². The molecule has 0 bridgehead atoms. The first kappa shape index (κ1) is 13.2. The van der Waals surface area contributed by atoms with Gasteiger partial charge < -0.3 is 0 Å². The van der Waals surface area contributed by atoms with Gasteiger partial charge in [0.15, 0.2) is 0 Å². The monoisotopic (exact) mass is 301 g/mol. The molecule has 1 N–H and O–H groups in total. The SMILES string of the molecule is Clc1cccc(-c2ccc(CSc3cn[nH]n3)cc2)c1. The van der Waals surface area contributed by atoms with E-state index in [1.165, 1.54) is 11.1 Å². The normalized spacial score (nSPS) is 10.7. The van der Waals surface area contributed by atoms with Gasteiger partial charge in [0, 0.05) is 10.8 Å². The minimum atomic E-state index is 0.758. The number of aromatic amines is 1. The molecule has 0 saturated heterocycles. The third-order valence-corrected chi connectivity index (χ3v) is 4.10. The maximum atomic E-state index is 6.01. The van der Waals surface area contributed by atoms with E-state index in [0.29, 0.717) is 0 Å². The lowest BCUT2D eigenvalue weighted by Gasteiger charge is -2.04. The van der Waals surface area contributed by atoms with E-state index >= 15 is 0 Å². The molecule has 3 nitrogen and oxygen atoms in total. The van der Waals surface area contributed by atoms with Crippen molar-refractivity contribution in [2.45, 2.75) is 10.8 Å². The molecular weight excluding hydrogens is 290 g/mol. The molecule has 0 aliphatic carbocycles. The van der Waals surface area contributed by atoms with Crippen LogP contribution in [0.1, 0.15) is 5.56 Å². The van der Waals surface area contributed by atoms with Crippen LogP contribution in [-0.4, -0.2) is 15.4 Å². The molecule has 1 aromatic heterocycles. The highest BCUT2D eigenvalue weighted by molar-refractivity contribution is 7.98. The van der Waals surface area contributed by atoms with Gasteiger partial charge in [0.2, 0.25) is 0 Å². The molecule has 0 saturated carbocycles. The molecule has 0 aliphatic rings. The molecular formula is C15H12ClN3S. The van der Waals surface area contributed by atoms with Crippen LogP contribution < -0.4 is 0 Å². The number of nitrogens with zero attached hydrogens (tertiary/aromatic N) is 2. The minimum Gasteiger partial charge on any atom is -0.197 e. The first-order valence-corrected chi connectivity index (χ1v) is 7.51. The van der Waals surface area contributed by atoms with Crippen LogP contribution >= 0.6 is 23.4 Å². The summed E-state index contributed by atoms with van der Waals surface area (Å²) in [5, 5.41) is 12.1. The zero-order valence-corrected chi connectivity index (χ0v) is 12.2. The van der Waals surface area contributed by atoms with Gasteiger partial charge in [-0.2, -0.15) is 10.3 Å². The Kier molecular flexibility index (Phi) is 4.04. The Bertz CT molecular complexity index is 681. The van der Waals surface area contributed by atoms with E-state index in [2.05, 4.69) is 45.7 Å². The number of thioether (sulfide) groups is 1. The molecule has 0 atom stereocenters. The second-order valence-electron chi connectivity index (χ2n) is 4.30. The number of hydrogen-bond acceptors (Lipinski definition) is 3. The van der Waals surface area contributed by atoms with Crippen molar-refractivity contribution in [1.82, 2.24) is 15.4 Å². The Hall–Kier alpha value is -1.78. The van der Waals surface area contributed by atoms with Crippen LogP contribution in [0.3, 0.4) is 0 Å². The highest BCUT2D eigenvalue weighted by Crippen LogP contribution is 2.25. The fourth-order valence-electron chi connectivity index (χ4n) is 1.88. The van der Waals surface area contributed by atoms with Crippen molar-refractivity contribution < 1.29 is 0 Å².